The second-order valence-corrected chi connectivity index (χ2v) is 7.97. The molecule has 0 bridgehead atoms. The summed E-state index contributed by atoms with van der Waals surface area (Å²) in [7, 11) is 0. The Morgan fingerprint density at radius 1 is 1.16 bits per heavy atom. The Morgan fingerprint density at radius 2 is 2.06 bits per heavy atom. The van der Waals surface area contributed by atoms with E-state index in [-0.39, 0.29) is 17.9 Å². The zero-order chi connectivity index (χ0) is 21.4. The molecule has 164 valence electrons. The van der Waals surface area contributed by atoms with Crippen molar-refractivity contribution in [3.63, 3.8) is 0 Å². The van der Waals surface area contributed by atoms with Crippen molar-refractivity contribution < 1.29 is 9.21 Å². The Hall–Kier alpha value is -3.21. The van der Waals surface area contributed by atoms with Crippen LogP contribution in [0.4, 0.5) is 11.9 Å². The van der Waals surface area contributed by atoms with Crippen LogP contribution in [0.5, 0.6) is 0 Å². The highest BCUT2D eigenvalue weighted by atomic mass is 16.3. The first-order chi connectivity index (χ1) is 15.1. The van der Waals surface area contributed by atoms with Crippen LogP contribution in [-0.4, -0.2) is 85.6 Å². The van der Waals surface area contributed by atoms with E-state index in [0.29, 0.717) is 29.9 Å². The number of anilines is 2. The van der Waals surface area contributed by atoms with Crippen LogP contribution in [0.25, 0.3) is 17.4 Å². The first kappa shape index (κ1) is 19.7. The predicted octanol–water partition coefficient (Wildman–Crippen LogP) is 0.885. The van der Waals surface area contributed by atoms with Gasteiger partial charge in [-0.1, -0.05) is 6.92 Å². The van der Waals surface area contributed by atoms with E-state index < -0.39 is 0 Å². The molecule has 11 nitrogen and oxygen atoms in total. The molecule has 3 aromatic rings. The van der Waals surface area contributed by atoms with E-state index >= 15 is 0 Å². The third-order valence-corrected chi connectivity index (χ3v) is 6.11. The molecule has 31 heavy (non-hydrogen) atoms. The number of nitrogen functional groups attached to an aromatic ring is 1. The van der Waals surface area contributed by atoms with Crippen LogP contribution in [0, 0.1) is 0 Å². The highest BCUT2D eigenvalue weighted by Gasteiger charge is 2.36. The van der Waals surface area contributed by atoms with Crippen molar-refractivity contribution in [2.75, 3.05) is 49.9 Å². The van der Waals surface area contributed by atoms with E-state index in [1.165, 1.54) is 4.52 Å². The van der Waals surface area contributed by atoms with Crippen LogP contribution in [-0.2, 0) is 4.79 Å². The second-order valence-electron chi connectivity index (χ2n) is 7.97. The molecule has 11 heteroatoms. The molecule has 0 aromatic carbocycles. The van der Waals surface area contributed by atoms with Gasteiger partial charge in [-0.3, -0.25) is 4.79 Å². The van der Waals surface area contributed by atoms with Gasteiger partial charge in [-0.2, -0.15) is 19.5 Å². The van der Waals surface area contributed by atoms with Crippen molar-refractivity contribution in [3.8, 4) is 11.6 Å². The standard InChI is InChI=1S/C20H27N9O2/c1-2-26-8-5-9-27(12-11-26)17(30)14-6-3-10-28(14)19-23-18(21)29-20(24-19)22-16(25-29)15-7-4-13-31-15/h4,7,13-14H,2-3,5-6,8-12H2,1H3,(H2,21,22,23,24,25)/t14-/m0/s1. The summed E-state index contributed by atoms with van der Waals surface area (Å²) in [4.78, 5) is 33.2. The number of amides is 1. The molecule has 0 saturated carbocycles. The zero-order valence-electron chi connectivity index (χ0n) is 17.6. The van der Waals surface area contributed by atoms with Gasteiger partial charge in [0.1, 0.15) is 6.04 Å². The Labute approximate surface area is 179 Å². The maximum atomic E-state index is 13.4. The maximum absolute atomic E-state index is 13.4. The number of hydrogen-bond donors (Lipinski definition) is 1. The van der Waals surface area contributed by atoms with E-state index in [9.17, 15) is 4.79 Å². The fourth-order valence-corrected chi connectivity index (χ4v) is 4.41. The van der Waals surface area contributed by atoms with E-state index in [1.54, 1.807) is 18.4 Å². The number of rotatable bonds is 4. The Morgan fingerprint density at radius 3 is 2.87 bits per heavy atom. The molecule has 2 aliphatic rings. The van der Waals surface area contributed by atoms with Crippen molar-refractivity contribution >= 4 is 23.6 Å². The summed E-state index contributed by atoms with van der Waals surface area (Å²) in [6.07, 6.45) is 4.25. The summed E-state index contributed by atoms with van der Waals surface area (Å²) in [5.74, 6) is 2.00. The van der Waals surface area contributed by atoms with Gasteiger partial charge >= 0.3 is 0 Å². The van der Waals surface area contributed by atoms with Gasteiger partial charge in [-0.25, -0.2) is 0 Å². The third kappa shape index (κ3) is 3.69. The van der Waals surface area contributed by atoms with E-state index in [1.807, 2.05) is 9.80 Å². The highest BCUT2D eigenvalue weighted by Crippen LogP contribution is 2.26. The Balaban J connectivity index is 1.40. The van der Waals surface area contributed by atoms with E-state index in [2.05, 4.69) is 31.9 Å². The smallest absolute Gasteiger partial charge is 0.259 e. The van der Waals surface area contributed by atoms with Crippen LogP contribution in [0.15, 0.2) is 22.8 Å². The monoisotopic (exact) mass is 425 g/mol. The van der Waals surface area contributed by atoms with Crippen LogP contribution < -0.4 is 10.6 Å². The van der Waals surface area contributed by atoms with Crippen molar-refractivity contribution in [1.29, 1.82) is 0 Å². The van der Waals surface area contributed by atoms with Crippen LogP contribution in [0.3, 0.4) is 0 Å². The topological polar surface area (TPSA) is 122 Å². The van der Waals surface area contributed by atoms with Gasteiger partial charge < -0.3 is 24.9 Å². The Bertz CT molecular complexity index is 1060. The molecule has 2 aliphatic heterocycles. The van der Waals surface area contributed by atoms with Gasteiger partial charge in [-0.15, -0.1) is 5.10 Å². The summed E-state index contributed by atoms with van der Waals surface area (Å²) in [5.41, 5.74) is 6.16. The minimum atomic E-state index is -0.275. The molecule has 2 N–H and O–H groups in total. The van der Waals surface area contributed by atoms with E-state index in [0.717, 1.165) is 52.0 Å². The lowest BCUT2D eigenvalue weighted by atomic mass is 10.2. The van der Waals surface area contributed by atoms with Gasteiger partial charge in [0.25, 0.3) is 5.78 Å². The molecule has 0 unspecified atom stereocenters. The first-order valence-corrected chi connectivity index (χ1v) is 10.9. The van der Waals surface area contributed by atoms with Gasteiger partial charge in [0, 0.05) is 26.2 Å². The van der Waals surface area contributed by atoms with Crippen LogP contribution in [0.1, 0.15) is 26.2 Å². The van der Waals surface area contributed by atoms with Gasteiger partial charge in [-0.05, 0) is 44.5 Å². The summed E-state index contributed by atoms with van der Waals surface area (Å²) >= 11 is 0. The minimum Gasteiger partial charge on any atom is -0.461 e. The molecule has 5 heterocycles. The average molecular weight is 425 g/mol. The van der Waals surface area contributed by atoms with Crippen molar-refractivity contribution in [1.82, 2.24) is 34.4 Å². The van der Waals surface area contributed by atoms with Crippen LogP contribution in [0.2, 0.25) is 0 Å². The molecule has 1 atom stereocenters. The summed E-state index contributed by atoms with van der Waals surface area (Å²) in [5, 5.41) is 4.34. The van der Waals surface area contributed by atoms with Crippen molar-refractivity contribution in [2.24, 2.45) is 0 Å². The van der Waals surface area contributed by atoms with E-state index in [4.69, 9.17) is 10.2 Å². The summed E-state index contributed by atoms with van der Waals surface area (Å²) in [6.45, 7) is 7.39. The number of carbonyl (C=O) groups is 1. The third-order valence-electron chi connectivity index (χ3n) is 6.11. The normalized spacial score (nSPS) is 20.5. The first-order valence-electron chi connectivity index (χ1n) is 10.9. The van der Waals surface area contributed by atoms with Gasteiger partial charge in [0.2, 0.25) is 23.6 Å². The number of nitrogens with two attached hydrogens (primary N) is 1. The lowest BCUT2D eigenvalue weighted by Crippen LogP contribution is -2.47. The molecular formula is C20H27N9O2. The maximum Gasteiger partial charge on any atom is 0.259 e. The van der Waals surface area contributed by atoms with Crippen molar-refractivity contribution in [3.05, 3.63) is 18.4 Å². The molecule has 3 aromatic heterocycles. The zero-order valence-corrected chi connectivity index (χ0v) is 17.6. The summed E-state index contributed by atoms with van der Waals surface area (Å²) in [6, 6.07) is 3.27. The fourth-order valence-electron chi connectivity index (χ4n) is 4.41. The van der Waals surface area contributed by atoms with Crippen LogP contribution >= 0.6 is 0 Å². The quantitative estimate of drug-likeness (QED) is 0.649. The SMILES string of the molecule is CCN1CCCN(C(=O)[C@@H]2CCCN2c2nc(N)n3nc(-c4ccco4)nc3n2)CC1. The second kappa shape index (κ2) is 8.14. The lowest BCUT2D eigenvalue weighted by molar-refractivity contribution is -0.132. The molecule has 2 saturated heterocycles. The molecule has 2 fully saturated rings. The molecule has 0 spiro atoms. The number of carbonyl (C=O) groups excluding carboxylic acids is 1. The number of nitrogens with zero attached hydrogens (tertiary/aromatic N) is 8. The Kier molecular flexibility index (Phi) is 5.18. The molecular weight excluding hydrogens is 398 g/mol. The van der Waals surface area contributed by atoms with Gasteiger partial charge in [0.15, 0.2) is 5.76 Å². The van der Waals surface area contributed by atoms with Crippen molar-refractivity contribution in [2.45, 2.75) is 32.2 Å². The van der Waals surface area contributed by atoms with Gasteiger partial charge in [0.05, 0.1) is 6.26 Å². The fraction of sp³-hybridized carbons (Fsp3) is 0.550. The molecule has 0 aliphatic carbocycles. The lowest BCUT2D eigenvalue weighted by Gasteiger charge is -2.29. The summed E-state index contributed by atoms with van der Waals surface area (Å²) < 4.78 is 6.76. The minimum absolute atomic E-state index is 0.148. The largest absolute Gasteiger partial charge is 0.461 e. The average Bonchev–Trinajstić information content (AvgIpc) is 3.50. The number of fused-ring (bicyclic) bond motifs is 1. The molecule has 5 rings (SSSR count). The molecule has 0 radical (unpaired) electrons. The highest BCUT2D eigenvalue weighted by molar-refractivity contribution is 5.85. The number of likely N-dealkylation sites (N-methyl/N-ethyl adjacent to an activating group) is 1. The molecule has 1 amide bonds. The number of hydrogen-bond acceptors (Lipinski definition) is 9. The predicted molar refractivity (Wildman–Crippen MR) is 114 cm³/mol. The number of furan rings is 1. The number of aromatic nitrogens is 5.